The highest BCUT2D eigenvalue weighted by Crippen LogP contribution is 2.24. The summed E-state index contributed by atoms with van der Waals surface area (Å²) in [4.78, 5) is 7.60. The molecule has 1 N–H and O–H groups in total. The molecule has 5 nitrogen and oxygen atoms in total. The molecule has 2 aliphatic heterocycles. The van der Waals surface area contributed by atoms with Gasteiger partial charge in [-0.05, 0) is 38.9 Å². The lowest BCUT2D eigenvalue weighted by Crippen LogP contribution is -2.53. The van der Waals surface area contributed by atoms with E-state index in [1.807, 2.05) is 6.92 Å². The summed E-state index contributed by atoms with van der Waals surface area (Å²) in [5.74, 6) is 1.03. The molecule has 0 radical (unpaired) electrons. The van der Waals surface area contributed by atoms with Crippen molar-refractivity contribution in [2.45, 2.75) is 32.4 Å². The molecule has 0 aromatic heterocycles. The summed E-state index contributed by atoms with van der Waals surface area (Å²) in [6, 6.07) is 9.16. The number of aliphatic hydroxyl groups excluding tert-OH is 1. The highest BCUT2D eigenvalue weighted by molar-refractivity contribution is 5.33. The van der Waals surface area contributed by atoms with Crippen LogP contribution in [0.3, 0.4) is 0 Å². The molecule has 0 bridgehead atoms. The van der Waals surface area contributed by atoms with E-state index in [1.54, 1.807) is 0 Å². The van der Waals surface area contributed by atoms with E-state index in [2.05, 4.69) is 39.0 Å². The summed E-state index contributed by atoms with van der Waals surface area (Å²) < 4.78 is 5.77. The fourth-order valence-electron chi connectivity index (χ4n) is 4.11. The number of ether oxygens (including phenoxy) is 1. The predicted molar refractivity (Wildman–Crippen MR) is 101 cm³/mol. The molecule has 3 rings (SSSR count). The fraction of sp³-hybridized carbons (Fsp3) is 0.700. The van der Waals surface area contributed by atoms with E-state index in [0.29, 0.717) is 0 Å². The number of para-hydroxylation sites is 1. The van der Waals surface area contributed by atoms with Crippen molar-refractivity contribution < 1.29 is 9.84 Å². The monoisotopic (exact) mass is 347 g/mol. The van der Waals surface area contributed by atoms with Crippen molar-refractivity contribution in [1.29, 1.82) is 0 Å². The number of rotatable bonds is 7. The van der Waals surface area contributed by atoms with Gasteiger partial charge in [-0.15, -0.1) is 0 Å². The van der Waals surface area contributed by atoms with Gasteiger partial charge in [0.05, 0.1) is 13.2 Å². The van der Waals surface area contributed by atoms with E-state index >= 15 is 0 Å². The Morgan fingerprint density at radius 3 is 2.40 bits per heavy atom. The van der Waals surface area contributed by atoms with E-state index < -0.39 is 0 Å². The summed E-state index contributed by atoms with van der Waals surface area (Å²) in [7, 11) is 0. The van der Waals surface area contributed by atoms with E-state index in [9.17, 15) is 0 Å². The quantitative estimate of drug-likeness (QED) is 0.812. The van der Waals surface area contributed by atoms with Gasteiger partial charge >= 0.3 is 0 Å². The summed E-state index contributed by atoms with van der Waals surface area (Å²) in [6.45, 7) is 11.7. The molecule has 0 saturated carbocycles. The van der Waals surface area contributed by atoms with Crippen molar-refractivity contribution in [1.82, 2.24) is 14.7 Å². The summed E-state index contributed by atoms with van der Waals surface area (Å²) in [5.41, 5.74) is 1.31. The van der Waals surface area contributed by atoms with Gasteiger partial charge < -0.3 is 9.84 Å². The number of β-amino-alcohol motifs (C(OH)–C–C–N with tert-alkyl or cyclic N) is 1. The van der Waals surface area contributed by atoms with Gasteiger partial charge in [-0.25, -0.2) is 0 Å². The summed E-state index contributed by atoms with van der Waals surface area (Å²) in [5, 5.41) is 9.07. The molecule has 0 aliphatic carbocycles. The van der Waals surface area contributed by atoms with E-state index in [1.165, 1.54) is 31.5 Å². The van der Waals surface area contributed by atoms with Crippen molar-refractivity contribution in [3.63, 3.8) is 0 Å². The maximum atomic E-state index is 9.07. The zero-order valence-corrected chi connectivity index (χ0v) is 15.6. The number of hydrogen-bond acceptors (Lipinski definition) is 5. The number of benzene rings is 1. The molecule has 25 heavy (non-hydrogen) atoms. The fourth-order valence-corrected chi connectivity index (χ4v) is 4.11. The molecule has 140 valence electrons. The van der Waals surface area contributed by atoms with Gasteiger partial charge in [-0.1, -0.05) is 18.2 Å². The van der Waals surface area contributed by atoms with Gasteiger partial charge in [0.2, 0.25) is 0 Å². The molecule has 1 aromatic rings. The molecular formula is C20H33N3O2. The van der Waals surface area contributed by atoms with Crippen LogP contribution < -0.4 is 4.74 Å². The first kappa shape index (κ1) is 18.6. The van der Waals surface area contributed by atoms with Gasteiger partial charge in [0, 0.05) is 50.9 Å². The van der Waals surface area contributed by atoms with E-state index in [-0.39, 0.29) is 6.61 Å². The number of piperidine rings is 1. The largest absolute Gasteiger partial charge is 0.494 e. The number of likely N-dealkylation sites (tertiary alicyclic amines) is 1. The second-order valence-corrected chi connectivity index (χ2v) is 7.15. The first-order valence-corrected chi connectivity index (χ1v) is 9.80. The minimum atomic E-state index is 0.279. The van der Waals surface area contributed by atoms with Crippen molar-refractivity contribution in [3.8, 4) is 5.75 Å². The van der Waals surface area contributed by atoms with Gasteiger partial charge in [0.15, 0.2) is 0 Å². The van der Waals surface area contributed by atoms with Gasteiger partial charge in [-0.3, -0.25) is 14.7 Å². The second-order valence-electron chi connectivity index (χ2n) is 7.15. The SMILES string of the molecule is CCOc1ccccc1CN1CCC(N2CCN(CCO)CC2)CC1. The van der Waals surface area contributed by atoms with E-state index in [4.69, 9.17) is 9.84 Å². The Labute approximate surface area is 152 Å². The third kappa shape index (κ3) is 5.17. The van der Waals surface area contributed by atoms with Gasteiger partial charge in [0.1, 0.15) is 5.75 Å². The molecule has 0 amide bonds. The first-order valence-electron chi connectivity index (χ1n) is 9.80. The van der Waals surface area contributed by atoms with Crippen molar-refractivity contribution in [2.75, 3.05) is 59.0 Å². The standard InChI is InChI=1S/C20H33N3O2/c1-2-25-20-6-4-3-5-18(20)17-22-9-7-19(8-10-22)23-13-11-21(12-14-23)15-16-24/h3-6,19,24H,2,7-17H2,1H3. The molecule has 2 heterocycles. The van der Waals surface area contributed by atoms with E-state index in [0.717, 1.165) is 57.7 Å². The molecule has 1 aromatic carbocycles. The minimum Gasteiger partial charge on any atom is -0.494 e. The Balaban J connectivity index is 1.45. The highest BCUT2D eigenvalue weighted by Gasteiger charge is 2.27. The van der Waals surface area contributed by atoms with Crippen LogP contribution in [-0.2, 0) is 6.54 Å². The number of nitrogens with zero attached hydrogens (tertiary/aromatic N) is 3. The minimum absolute atomic E-state index is 0.279. The topological polar surface area (TPSA) is 39.2 Å². The van der Waals surface area contributed by atoms with Crippen LogP contribution in [0, 0.1) is 0 Å². The molecular weight excluding hydrogens is 314 g/mol. The average Bonchev–Trinajstić information content (AvgIpc) is 2.65. The summed E-state index contributed by atoms with van der Waals surface area (Å²) >= 11 is 0. The molecule has 2 saturated heterocycles. The normalized spacial score (nSPS) is 21.5. The van der Waals surface area contributed by atoms with Crippen LogP contribution in [-0.4, -0.2) is 84.9 Å². The molecule has 2 fully saturated rings. The Hall–Kier alpha value is -1.14. The lowest BCUT2D eigenvalue weighted by atomic mass is 10.0. The van der Waals surface area contributed by atoms with Gasteiger partial charge in [0.25, 0.3) is 0 Å². The van der Waals surface area contributed by atoms with Gasteiger partial charge in [-0.2, -0.15) is 0 Å². The Bertz CT molecular complexity index is 509. The van der Waals surface area contributed by atoms with Crippen LogP contribution in [0.15, 0.2) is 24.3 Å². The van der Waals surface area contributed by atoms with Crippen LogP contribution in [0.5, 0.6) is 5.75 Å². The van der Waals surface area contributed by atoms with Crippen molar-refractivity contribution in [2.24, 2.45) is 0 Å². The molecule has 0 atom stereocenters. The van der Waals surface area contributed by atoms with Crippen LogP contribution in [0.2, 0.25) is 0 Å². The van der Waals surface area contributed by atoms with Crippen molar-refractivity contribution >= 4 is 0 Å². The highest BCUT2D eigenvalue weighted by atomic mass is 16.5. The third-order valence-corrected chi connectivity index (χ3v) is 5.56. The molecule has 0 unspecified atom stereocenters. The number of aliphatic hydroxyl groups is 1. The number of piperazine rings is 1. The molecule has 2 aliphatic rings. The smallest absolute Gasteiger partial charge is 0.123 e. The zero-order chi connectivity index (χ0) is 17.5. The lowest BCUT2D eigenvalue weighted by molar-refractivity contribution is 0.0515. The first-order chi connectivity index (χ1) is 12.3. The number of hydrogen-bond donors (Lipinski definition) is 1. The Morgan fingerprint density at radius 1 is 1.00 bits per heavy atom. The molecule has 5 heteroatoms. The zero-order valence-electron chi connectivity index (χ0n) is 15.6. The van der Waals surface area contributed by atoms with Crippen LogP contribution >= 0.6 is 0 Å². The Morgan fingerprint density at radius 2 is 1.72 bits per heavy atom. The lowest BCUT2D eigenvalue weighted by Gasteiger charge is -2.42. The van der Waals surface area contributed by atoms with Crippen LogP contribution in [0.25, 0.3) is 0 Å². The maximum absolute atomic E-state index is 9.07. The maximum Gasteiger partial charge on any atom is 0.123 e. The second kappa shape index (κ2) is 9.53. The van der Waals surface area contributed by atoms with Crippen LogP contribution in [0.4, 0.5) is 0 Å². The third-order valence-electron chi connectivity index (χ3n) is 5.56. The van der Waals surface area contributed by atoms with Crippen LogP contribution in [0.1, 0.15) is 25.3 Å². The molecule has 0 spiro atoms. The Kier molecular flexibility index (Phi) is 7.11. The predicted octanol–water partition coefficient (Wildman–Crippen LogP) is 1.66. The van der Waals surface area contributed by atoms with Crippen molar-refractivity contribution in [3.05, 3.63) is 29.8 Å². The average molecular weight is 348 g/mol. The summed E-state index contributed by atoms with van der Waals surface area (Å²) in [6.07, 6.45) is 2.52.